The number of thioether (sulfide) groups is 1. The molecule has 1 fully saturated rings. The molecule has 2 aromatic carbocycles. The molecule has 2 aromatic rings. The van der Waals surface area contributed by atoms with Crippen LogP contribution in [0.25, 0.3) is 0 Å². The normalized spacial score (nSPS) is 16.9. The Bertz CT molecular complexity index is 825. The monoisotopic (exact) mass is 356 g/mol. The Morgan fingerprint density at radius 1 is 1.08 bits per heavy atom. The van der Waals surface area contributed by atoms with Gasteiger partial charge >= 0.3 is 0 Å². The highest BCUT2D eigenvalue weighted by Gasteiger charge is 2.45. The SMILES string of the molecule is COc1ccccc1N(C(C)=O)[C@H]1SC(=O)N(c2ccccc2)C1=O. The molecule has 1 aliphatic heterocycles. The number of nitrogens with zero attached hydrogens (tertiary/aromatic N) is 2. The van der Waals surface area contributed by atoms with E-state index >= 15 is 0 Å². The van der Waals surface area contributed by atoms with Crippen molar-refractivity contribution >= 4 is 40.2 Å². The molecule has 0 unspecified atom stereocenters. The number of carbonyl (C=O) groups excluding carboxylic acids is 3. The maximum absolute atomic E-state index is 12.9. The summed E-state index contributed by atoms with van der Waals surface area (Å²) < 4.78 is 5.30. The number of hydrogen-bond donors (Lipinski definition) is 0. The third-order valence-electron chi connectivity index (χ3n) is 3.76. The number of amides is 3. The van der Waals surface area contributed by atoms with Crippen LogP contribution in [0.3, 0.4) is 0 Å². The Hall–Kier alpha value is -2.80. The molecule has 0 radical (unpaired) electrons. The standard InChI is InChI=1S/C18H16N2O4S/c1-12(21)19(14-10-6-7-11-15(14)24-2)17-16(22)20(18(23)25-17)13-8-4-3-5-9-13/h3-11,17H,1-2H3/t17-/m0/s1. The van der Waals surface area contributed by atoms with E-state index in [0.717, 1.165) is 16.7 Å². The van der Waals surface area contributed by atoms with E-state index < -0.39 is 16.5 Å². The zero-order valence-corrected chi connectivity index (χ0v) is 14.5. The van der Waals surface area contributed by atoms with Crippen LogP contribution in [0, 0.1) is 0 Å². The maximum Gasteiger partial charge on any atom is 0.295 e. The second kappa shape index (κ2) is 6.98. The van der Waals surface area contributed by atoms with Crippen LogP contribution < -0.4 is 14.5 Å². The average molecular weight is 356 g/mol. The summed E-state index contributed by atoms with van der Waals surface area (Å²) in [5, 5.41) is -1.39. The highest BCUT2D eigenvalue weighted by molar-refractivity contribution is 8.16. The third-order valence-corrected chi connectivity index (χ3v) is 4.78. The van der Waals surface area contributed by atoms with Crippen LogP contribution in [-0.4, -0.2) is 29.5 Å². The number of carbonyl (C=O) groups is 3. The molecule has 0 spiro atoms. The fourth-order valence-corrected chi connectivity index (χ4v) is 3.73. The van der Waals surface area contributed by atoms with Crippen molar-refractivity contribution in [3.05, 3.63) is 54.6 Å². The summed E-state index contributed by atoms with van der Waals surface area (Å²) in [5.41, 5.74) is 0.932. The van der Waals surface area contributed by atoms with Gasteiger partial charge in [-0.15, -0.1) is 0 Å². The number of methoxy groups -OCH3 is 1. The van der Waals surface area contributed by atoms with Gasteiger partial charge in [-0.3, -0.25) is 19.3 Å². The lowest BCUT2D eigenvalue weighted by atomic mass is 10.2. The summed E-state index contributed by atoms with van der Waals surface area (Å²) in [6.07, 6.45) is 0. The van der Waals surface area contributed by atoms with Crippen molar-refractivity contribution in [2.45, 2.75) is 12.3 Å². The van der Waals surface area contributed by atoms with Crippen LogP contribution in [0.5, 0.6) is 5.75 Å². The number of rotatable bonds is 4. The molecule has 0 aromatic heterocycles. The number of imide groups is 1. The molecule has 3 rings (SSSR count). The molecule has 0 aliphatic carbocycles. The largest absolute Gasteiger partial charge is 0.495 e. The van der Waals surface area contributed by atoms with Crippen molar-refractivity contribution in [3.63, 3.8) is 0 Å². The van der Waals surface area contributed by atoms with E-state index in [4.69, 9.17) is 4.74 Å². The molecule has 0 bridgehead atoms. The summed E-state index contributed by atoms with van der Waals surface area (Å²) in [7, 11) is 1.49. The first-order valence-electron chi connectivity index (χ1n) is 7.57. The predicted molar refractivity (Wildman–Crippen MR) is 96.9 cm³/mol. The third kappa shape index (κ3) is 3.10. The van der Waals surface area contributed by atoms with Gasteiger partial charge in [0.05, 0.1) is 18.5 Å². The van der Waals surface area contributed by atoms with Gasteiger partial charge < -0.3 is 4.74 Å². The summed E-state index contributed by atoms with van der Waals surface area (Å²) in [6, 6.07) is 15.6. The molecule has 0 saturated carbocycles. The quantitative estimate of drug-likeness (QED) is 0.841. The first-order chi connectivity index (χ1) is 12.0. The van der Waals surface area contributed by atoms with E-state index in [1.165, 1.54) is 18.9 Å². The van der Waals surface area contributed by atoms with Crippen LogP contribution in [0.1, 0.15) is 6.92 Å². The second-order valence-electron chi connectivity index (χ2n) is 5.31. The maximum atomic E-state index is 12.9. The van der Waals surface area contributed by atoms with Gasteiger partial charge in [-0.05, 0) is 36.0 Å². The van der Waals surface area contributed by atoms with Gasteiger partial charge in [-0.1, -0.05) is 30.3 Å². The number of ether oxygens (including phenoxy) is 1. The Morgan fingerprint density at radius 3 is 2.36 bits per heavy atom. The van der Waals surface area contributed by atoms with Crippen LogP contribution in [-0.2, 0) is 9.59 Å². The predicted octanol–water partition coefficient (Wildman–Crippen LogP) is 3.27. The van der Waals surface area contributed by atoms with Gasteiger partial charge in [0.15, 0.2) is 5.37 Å². The number of hydrogen-bond acceptors (Lipinski definition) is 5. The smallest absolute Gasteiger partial charge is 0.295 e. The van der Waals surface area contributed by atoms with Gasteiger partial charge in [-0.25, -0.2) is 4.90 Å². The van der Waals surface area contributed by atoms with E-state index in [0.29, 0.717) is 17.1 Å². The zero-order chi connectivity index (χ0) is 18.0. The Labute approximate surface area is 149 Å². The van der Waals surface area contributed by atoms with E-state index in [2.05, 4.69) is 0 Å². The summed E-state index contributed by atoms with van der Waals surface area (Å²) in [5.74, 6) is -0.350. The van der Waals surface area contributed by atoms with Gasteiger partial charge in [0, 0.05) is 6.92 Å². The van der Waals surface area contributed by atoms with Crippen molar-refractivity contribution in [2.75, 3.05) is 16.9 Å². The van der Waals surface area contributed by atoms with Crippen molar-refractivity contribution < 1.29 is 19.1 Å². The Morgan fingerprint density at radius 2 is 1.72 bits per heavy atom. The first-order valence-corrected chi connectivity index (χ1v) is 8.45. The highest BCUT2D eigenvalue weighted by atomic mass is 32.2. The van der Waals surface area contributed by atoms with Crippen LogP contribution >= 0.6 is 11.8 Å². The summed E-state index contributed by atoms with van der Waals surface area (Å²) >= 11 is 0.814. The molecule has 1 aliphatic rings. The summed E-state index contributed by atoms with van der Waals surface area (Å²) in [4.78, 5) is 40.0. The lowest BCUT2D eigenvalue weighted by Gasteiger charge is -2.26. The van der Waals surface area contributed by atoms with Crippen molar-refractivity contribution in [2.24, 2.45) is 0 Å². The molecule has 7 heteroatoms. The number of para-hydroxylation sites is 3. The molecule has 6 nitrogen and oxygen atoms in total. The van der Waals surface area contributed by atoms with E-state index in [1.54, 1.807) is 54.6 Å². The highest BCUT2D eigenvalue weighted by Crippen LogP contribution is 2.38. The van der Waals surface area contributed by atoms with Crippen LogP contribution in [0.2, 0.25) is 0 Å². The lowest BCUT2D eigenvalue weighted by Crippen LogP contribution is -2.44. The topological polar surface area (TPSA) is 66.9 Å². The average Bonchev–Trinajstić information content (AvgIpc) is 2.90. The Kier molecular flexibility index (Phi) is 4.76. The second-order valence-corrected chi connectivity index (χ2v) is 6.34. The molecule has 0 N–H and O–H groups in total. The van der Waals surface area contributed by atoms with E-state index in [-0.39, 0.29) is 5.91 Å². The van der Waals surface area contributed by atoms with Gasteiger partial charge in [-0.2, -0.15) is 0 Å². The van der Waals surface area contributed by atoms with Crippen LogP contribution in [0.15, 0.2) is 54.6 Å². The molecule has 1 saturated heterocycles. The van der Waals surface area contributed by atoms with Crippen molar-refractivity contribution in [1.82, 2.24) is 0 Å². The molecule has 1 heterocycles. The number of anilines is 2. The fraction of sp³-hybridized carbons (Fsp3) is 0.167. The minimum Gasteiger partial charge on any atom is -0.495 e. The van der Waals surface area contributed by atoms with Gasteiger partial charge in [0.1, 0.15) is 5.75 Å². The van der Waals surface area contributed by atoms with Crippen molar-refractivity contribution in [3.8, 4) is 5.75 Å². The first kappa shape index (κ1) is 17.0. The van der Waals surface area contributed by atoms with E-state index in [1.807, 2.05) is 0 Å². The lowest BCUT2D eigenvalue weighted by molar-refractivity contribution is -0.121. The molecule has 1 atom stereocenters. The minimum atomic E-state index is -0.971. The fourth-order valence-electron chi connectivity index (χ4n) is 2.66. The molecular weight excluding hydrogens is 340 g/mol. The van der Waals surface area contributed by atoms with Gasteiger partial charge in [0.2, 0.25) is 5.91 Å². The van der Waals surface area contributed by atoms with Crippen LogP contribution in [0.4, 0.5) is 16.2 Å². The molecule has 128 valence electrons. The molecule has 25 heavy (non-hydrogen) atoms. The number of benzene rings is 2. The van der Waals surface area contributed by atoms with Crippen molar-refractivity contribution in [1.29, 1.82) is 0 Å². The molecule has 3 amide bonds. The van der Waals surface area contributed by atoms with E-state index in [9.17, 15) is 14.4 Å². The van der Waals surface area contributed by atoms with Gasteiger partial charge in [0.25, 0.3) is 11.1 Å². The Balaban J connectivity index is 2.00. The zero-order valence-electron chi connectivity index (χ0n) is 13.7. The molecular formula is C18H16N2O4S. The summed E-state index contributed by atoms with van der Waals surface area (Å²) in [6.45, 7) is 1.36. The minimum absolute atomic E-state index is 0.349.